The summed E-state index contributed by atoms with van der Waals surface area (Å²) in [4.78, 5) is 26.4. The molecule has 0 N–H and O–H groups in total. The number of aryl methyl sites for hydroxylation is 3. The largest absolute Gasteiger partial charge is 0.335 e. The second-order valence-corrected chi connectivity index (χ2v) is 6.15. The summed E-state index contributed by atoms with van der Waals surface area (Å²) >= 11 is 0. The molecule has 2 rings (SSSR count). The SMILES string of the molecule is Cc1cc(C)c(C(=O)CN2CCCCCCC2=O)cc1C. The van der Waals surface area contributed by atoms with Crippen LogP contribution >= 0.6 is 0 Å². The summed E-state index contributed by atoms with van der Waals surface area (Å²) in [5, 5.41) is 0. The fourth-order valence-electron chi connectivity index (χ4n) is 2.90. The highest BCUT2D eigenvalue weighted by Crippen LogP contribution is 2.17. The molecule has 21 heavy (non-hydrogen) atoms. The maximum absolute atomic E-state index is 12.5. The Bertz CT molecular complexity index is 548. The molecule has 114 valence electrons. The monoisotopic (exact) mass is 287 g/mol. The van der Waals surface area contributed by atoms with E-state index in [4.69, 9.17) is 0 Å². The van der Waals surface area contributed by atoms with E-state index in [-0.39, 0.29) is 18.2 Å². The minimum Gasteiger partial charge on any atom is -0.335 e. The smallest absolute Gasteiger partial charge is 0.222 e. The van der Waals surface area contributed by atoms with Crippen molar-refractivity contribution < 1.29 is 9.59 Å². The van der Waals surface area contributed by atoms with Crippen LogP contribution in [0.4, 0.5) is 0 Å². The second-order valence-electron chi connectivity index (χ2n) is 6.15. The Kier molecular flexibility index (Phi) is 5.16. The summed E-state index contributed by atoms with van der Waals surface area (Å²) in [6, 6.07) is 4.01. The lowest BCUT2D eigenvalue weighted by atomic mass is 9.97. The summed E-state index contributed by atoms with van der Waals surface area (Å²) in [7, 11) is 0. The van der Waals surface area contributed by atoms with Crippen LogP contribution in [0.1, 0.15) is 59.2 Å². The molecule has 1 saturated heterocycles. The number of Topliss-reactive ketones (excluding diaryl/α,β-unsaturated/α-hetero) is 1. The normalized spacial score (nSPS) is 16.5. The van der Waals surface area contributed by atoms with Crippen molar-refractivity contribution in [3.8, 4) is 0 Å². The Morgan fingerprint density at radius 2 is 1.67 bits per heavy atom. The third kappa shape index (κ3) is 3.93. The highest BCUT2D eigenvalue weighted by atomic mass is 16.2. The maximum Gasteiger partial charge on any atom is 0.222 e. The van der Waals surface area contributed by atoms with E-state index in [1.54, 1.807) is 4.90 Å². The first-order valence-electron chi connectivity index (χ1n) is 7.88. The van der Waals surface area contributed by atoms with Gasteiger partial charge in [0.1, 0.15) is 0 Å². The fraction of sp³-hybridized carbons (Fsp3) is 0.556. The van der Waals surface area contributed by atoms with Crippen molar-refractivity contribution in [3.63, 3.8) is 0 Å². The van der Waals surface area contributed by atoms with Gasteiger partial charge in [-0.05, 0) is 56.4 Å². The van der Waals surface area contributed by atoms with Crippen LogP contribution in [-0.2, 0) is 4.79 Å². The fourth-order valence-corrected chi connectivity index (χ4v) is 2.90. The van der Waals surface area contributed by atoms with E-state index < -0.39 is 0 Å². The van der Waals surface area contributed by atoms with E-state index in [0.29, 0.717) is 13.0 Å². The lowest BCUT2D eigenvalue weighted by Gasteiger charge is -2.24. The van der Waals surface area contributed by atoms with Crippen LogP contribution in [0.15, 0.2) is 12.1 Å². The van der Waals surface area contributed by atoms with E-state index in [1.165, 1.54) is 5.56 Å². The van der Waals surface area contributed by atoms with Gasteiger partial charge in [0, 0.05) is 18.5 Å². The molecule has 3 nitrogen and oxygen atoms in total. The number of benzene rings is 1. The Morgan fingerprint density at radius 1 is 1.00 bits per heavy atom. The molecule has 0 radical (unpaired) electrons. The molecule has 0 saturated carbocycles. The zero-order valence-corrected chi connectivity index (χ0v) is 13.4. The van der Waals surface area contributed by atoms with Gasteiger partial charge >= 0.3 is 0 Å². The van der Waals surface area contributed by atoms with Crippen molar-refractivity contribution in [3.05, 3.63) is 34.4 Å². The third-order valence-corrected chi connectivity index (χ3v) is 4.40. The first kappa shape index (κ1) is 15.7. The highest BCUT2D eigenvalue weighted by molar-refractivity contribution is 6.00. The minimum atomic E-state index is 0.0597. The quantitative estimate of drug-likeness (QED) is 0.797. The number of amides is 1. The Labute approximate surface area is 127 Å². The molecule has 0 bridgehead atoms. The standard InChI is InChI=1S/C18H25NO2/c1-13-10-15(3)16(11-14(13)2)17(20)12-19-9-7-5-4-6-8-18(19)21/h10-11H,4-9,12H2,1-3H3. The molecular formula is C18H25NO2. The minimum absolute atomic E-state index is 0.0597. The summed E-state index contributed by atoms with van der Waals surface area (Å²) in [6.07, 6.45) is 4.82. The van der Waals surface area contributed by atoms with Crippen LogP contribution in [0, 0.1) is 20.8 Å². The number of ketones is 1. The Hall–Kier alpha value is -1.64. The van der Waals surface area contributed by atoms with Crippen LogP contribution in [0.3, 0.4) is 0 Å². The molecule has 0 unspecified atom stereocenters. The van der Waals surface area contributed by atoms with Gasteiger partial charge in [-0.2, -0.15) is 0 Å². The average molecular weight is 287 g/mol. The second kappa shape index (κ2) is 6.88. The van der Waals surface area contributed by atoms with Crippen molar-refractivity contribution in [2.24, 2.45) is 0 Å². The van der Waals surface area contributed by atoms with E-state index in [9.17, 15) is 9.59 Å². The molecule has 0 spiro atoms. The number of carbonyl (C=O) groups excluding carboxylic acids is 2. The number of rotatable bonds is 3. The van der Waals surface area contributed by atoms with Gasteiger partial charge in [0.25, 0.3) is 0 Å². The van der Waals surface area contributed by atoms with Gasteiger partial charge in [0.15, 0.2) is 5.78 Å². The number of likely N-dealkylation sites (tertiary alicyclic amines) is 1. The zero-order chi connectivity index (χ0) is 15.4. The lowest BCUT2D eigenvalue weighted by Crippen LogP contribution is -2.37. The van der Waals surface area contributed by atoms with Gasteiger partial charge in [-0.25, -0.2) is 0 Å². The van der Waals surface area contributed by atoms with Gasteiger partial charge in [-0.1, -0.05) is 18.9 Å². The molecule has 1 aromatic carbocycles. The molecule has 3 heteroatoms. The molecule has 1 heterocycles. The molecule has 1 aromatic rings. The van der Waals surface area contributed by atoms with Crippen LogP contribution < -0.4 is 0 Å². The Morgan fingerprint density at radius 3 is 2.43 bits per heavy atom. The van der Waals surface area contributed by atoms with Gasteiger partial charge in [-0.3, -0.25) is 9.59 Å². The first-order valence-corrected chi connectivity index (χ1v) is 7.88. The van der Waals surface area contributed by atoms with Crippen molar-refractivity contribution in [2.45, 2.75) is 52.9 Å². The van der Waals surface area contributed by atoms with Crippen LogP contribution in [0.25, 0.3) is 0 Å². The molecular weight excluding hydrogens is 262 g/mol. The van der Waals surface area contributed by atoms with Crippen molar-refractivity contribution >= 4 is 11.7 Å². The van der Waals surface area contributed by atoms with E-state index in [1.807, 2.05) is 19.9 Å². The predicted molar refractivity (Wildman–Crippen MR) is 84.6 cm³/mol. The van der Waals surface area contributed by atoms with E-state index in [0.717, 1.165) is 42.4 Å². The summed E-state index contributed by atoms with van der Waals surface area (Å²) in [5.41, 5.74) is 4.09. The molecule has 1 amide bonds. The Balaban J connectivity index is 2.13. The first-order chi connectivity index (χ1) is 9.99. The number of carbonyl (C=O) groups is 2. The number of hydrogen-bond acceptors (Lipinski definition) is 2. The molecule has 0 aliphatic carbocycles. The summed E-state index contributed by atoms with van der Waals surface area (Å²) < 4.78 is 0. The van der Waals surface area contributed by atoms with Crippen molar-refractivity contribution in [1.29, 1.82) is 0 Å². The van der Waals surface area contributed by atoms with Crippen LogP contribution in [-0.4, -0.2) is 29.7 Å². The van der Waals surface area contributed by atoms with Gasteiger partial charge < -0.3 is 4.90 Å². The van der Waals surface area contributed by atoms with E-state index >= 15 is 0 Å². The predicted octanol–water partition coefficient (Wildman–Crippen LogP) is 3.59. The zero-order valence-electron chi connectivity index (χ0n) is 13.4. The third-order valence-electron chi connectivity index (χ3n) is 4.40. The van der Waals surface area contributed by atoms with Gasteiger partial charge in [0.2, 0.25) is 5.91 Å². The summed E-state index contributed by atoms with van der Waals surface area (Å²) in [5.74, 6) is 0.189. The molecule has 1 aliphatic heterocycles. The number of nitrogens with zero attached hydrogens (tertiary/aromatic N) is 1. The molecule has 1 aliphatic rings. The van der Waals surface area contributed by atoms with Crippen LogP contribution in [0.2, 0.25) is 0 Å². The average Bonchev–Trinajstić information content (AvgIpc) is 2.42. The van der Waals surface area contributed by atoms with Crippen LogP contribution in [0.5, 0.6) is 0 Å². The van der Waals surface area contributed by atoms with Crippen molar-refractivity contribution in [2.75, 3.05) is 13.1 Å². The van der Waals surface area contributed by atoms with Gasteiger partial charge in [-0.15, -0.1) is 0 Å². The highest BCUT2D eigenvalue weighted by Gasteiger charge is 2.20. The molecule has 0 atom stereocenters. The maximum atomic E-state index is 12.5. The van der Waals surface area contributed by atoms with E-state index in [2.05, 4.69) is 13.0 Å². The topological polar surface area (TPSA) is 37.4 Å². The molecule has 0 aromatic heterocycles. The lowest BCUT2D eigenvalue weighted by molar-refractivity contribution is -0.131. The van der Waals surface area contributed by atoms with Crippen molar-refractivity contribution in [1.82, 2.24) is 4.90 Å². The molecule has 1 fully saturated rings. The number of hydrogen-bond donors (Lipinski definition) is 0. The van der Waals surface area contributed by atoms with Gasteiger partial charge in [0.05, 0.1) is 6.54 Å². The summed E-state index contributed by atoms with van der Waals surface area (Å²) in [6.45, 7) is 6.98.